The van der Waals surface area contributed by atoms with E-state index in [0.29, 0.717) is 11.8 Å². The molecule has 0 fully saturated rings. The van der Waals surface area contributed by atoms with Gasteiger partial charge in [0, 0.05) is 12.2 Å². The fraction of sp³-hybridized carbons (Fsp3) is 0.333. The molecule has 0 spiro atoms. The first-order valence-electron chi connectivity index (χ1n) is 6.94. The minimum atomic E-state index is -1.38. The summed E-state index contributed by atoms with van der Waals surface area (Å²) in [5, 5.41) is 20.9. The van der Waals surface area contributed by atoms with Crippen molar-refractivity contribution in [1.29, 1.82) is 0 Å². The Hall–Kier alpha value is -2.55. The molecule has 1 amide bonds. The summed E-state index contributed by atoms with van der Waals surface area (Å²) in [6.07, 6.45) is -1.29. The fourth-order valence-electron chi connectivity index (χ4n) is 1.64. The Bertz CT molecular complexity index is 591. The summed E-state index contributed by atoms with van der Waals surface area (Å²) >= 11 is 0.527. The first-order valence-corrected chi connectivity index (χ1v) is 7.92. The largest absolute Gasteiger partial charge is 0.549 e. The highest BCUT2D eigenvalue weighted by molar-refractivity contribution is 8.14. The Morgan fingerprint density at radius 2 is 1.88 bits per heavy atom. The van der Waals surface area contributed by atoms with E-state index in [2.05, 4.69) is 5.32 Å². The molecule has 1 aromatic rings. The summed E-state index contributed by atoms with van der Waals surface area (Å²) in [6, 6.07) is 7.53. The molecule has 0 aliphatic rings. The molecule has 2 N–H and O–H groups in total. The number of thioether (sulfide) groups is 1. The lowest BCUT2D eigenvalue weighted by molar-refractivity contribution is -0.301. The zero-order valence-corrected chi connectivity index (χ0v) is 13.4. The third-order valence-corrected chi connectivity index (χ3v) is 3.70. The molecule has 8 nitrogen and oxygen atoms in total. The van der Waals surface area contributed by atoms with Crippen molar-refractivity contribution in [3.05, 3.63) is 35.9 Å². The number of aliphatic carboxylic acids is 2. The van der Waals surface area contributed by atoms with Gasteiger partial charge in [-0.2, -0.15) is 0 Å². The van der Waals surface area contributed by atoms with Crippen molar-refractivity contribution in [2.24, 2.45) is 0 Å². The van der Waals surface area contributed by atoms with E-state index in [4.69, 9.17) is 9.84 Å². The quantitative estimate of drug-likeness (QED) is 0.640. The van der Waals surface area contributed by atoms with Crippen LogP contribution in [0.5, 0.6) is 0 Å². The van der Waals surface area contributed by atoms with E-state index in [1.165, 1.54) is 0 Å². The van der Waals surface area contributed by atoms with Crippen LogP contribution in [-0.4, -0.2) is 40.0 Å². The van der Waals surface area contributed by atoms with E-state index < -0.39 is 34.9 Å². The van der Waals surface area contributed by atoms with Crippen LogP contribution in [0.4, 0.5) is 4.79 Å². The normalized spacial score (nSPS) is 11.3. The maximum Gasteiger partial charge on any atom is 0.408 e. The summed E-state index contributed by atoms with van der Waals surface area (Å²) < 4.78 is 4.91. The van der Waals surface area contributed by atoms with Gasteiger partial charge < -0.3 is 25.1 Å². The molecule has 1 unspecified atom stereocenters. The van der Waals surface area contributed by atoms with Gasteiger partial charge in [0.25, 0.3) is 0 Å². The van der Waals surface area contributed by atoms with Crippen molar-refractivity contribution >= 4 is 34.9 Å². The molecule has 9 heteroatoms. The van der Waals surface area contributed by atoms with Crippen LogP contribution in [0.3, 0.4) is 0 Å². The van der Waals surface area contributed by atoms with E-state index in [1.807, 2.05) is 0 Å². The van der Waals surface area contributed by atoms with Crippen LogP contribution in [0, 0.1) is 0 Å². The predicted molar refractivity (Wildman–Crippen MR) is 82.9 cm³/mol. The Morgan fingerprint density at radius 1 is 1.21 bits per heavy atom. The number of carboxylic acids is 2. The number of carbonyl (C=O) groups is 4. The summed E-state index contributed by atoms with van der Waals surface area (Å²) in [5.41, 5.74) is 0.744. The number of hydrogen-bond acceptors (Lipinski definition) is 7. The Labute approximate surface area is 142 Å². The lowest BCUT2D eigenvalue weighted by atomic mass is 10.2. The smallest absolute Gasteiger partial charge is 0.408 e. The highest BCUT2D eigenvalue weighted by atomic mass is 32.2. The molecule has 0 bridgehead atoms. The van der Waals surface area contributed by atoms with Crippen LogP contribution in [0.25, 0.3) is 0 Å². The standard InChI is InChI=1S/C15H17NO7S/c17-12(18)9-24-13(19)7-6-11(14(20)21)16-15(22)23-8-10-4-2-1-3-5-10/h1-5,11H,6-9H2,(H,16,22)(H,17,18)(H,20,21)/p-1. The first-order chi connectivity index (χ1) is 11.4. The van der Waals surface area contributed by atoms with Gasteiger partial charge >= 0.3 is 12.1 Å². The number of carboxylic acid groups (broad SMARTS) is 2. The molecule has 0 aliphatic heterocycles. The van der Waals surface area contributed by atoms with Crippen LogP contribution in [-0.2, 0) is 25.7 Å². The molecule has 0 saturated carbocycles. The van der Waals surface area contributed by atoms with Crippen LogP contribution >= 0.6 is 11.8 Å². The lowest BCUT2D eigenvalue weighted by Gasteiger charge is -2.14. The van der Waals surface area contributed by atoms with Gasteiger partial charge in [0.05, 0.1) is 5.97 Å². The van der Waals surface area contributed by atoms with E-state index >= 15 is 0 Å². The summed E-state index contributed by atoms with van der Waals surface area (Å²) in [6.45, 7) is -0.0145. The highest BCUT2D eigenvalue weighted by Gasteiger charge is 2.21. The summed E-state index contributed by atoms with van der Waals surface area (Å²) in [7, 11) is 0. The van der Waals surface area contributed by atoms with Gasteiger partial charge in [0.2, 0.25) is 0 Å². The summed E-state index contributed by atoms with van der Waals surface area (Å²) in [5.74, 6) is -3.20. The molecule has 0 radical (unpaired) electrons. The van der Waals surface area contributed by atoms with Gasteiger partial charge in [-0.15, -0.1) is 0 Å². The average Bonchev–Trinajstić information content (AvgIpc) is 2.55. The van der Waals surface area contributed by atoms with Crippen molar-refractivity contribution in [2.75, 3.05) is 5.75 Å². The molecule has 130 valence electrons. The number of benzene rings is 1. The number of carbonyl (C=O) groups excluding carboxylic acids is 3. The average molecular weight is 354 g/mol. The second kappa shape index (κ2) is 10.3. The molecular weight excluding hydrogens is 338 g/mol. The number of nitrogens with one attached hydrogen (secondary N) is 1. The predicted octanol–water partition coefficient (Wildman–Crippen LogP) is 0.156. The maximum atomic E-state index is 11.6. The van der Waals surface area contributed by atoms with Crippen molar-refractivity contribution in [3.63, 3.8) is 0 Å². The van der Waals surface area contributed by atoms with E-state index in [0.717, 1.165) is 5.56 Å². The molecule has 0 saturated heterocycles. The number of rotatable bonds is 9. The zero-order chi connectivity index (χ0) is 17.9. The first kappa shape index (κ1) is 19.5. The van der Waals surface area contributed by atoms with Crippen molar-refractivity contribution < 1.29 is 34.1 Å². The van der Waals surface area contributed by atoms with Crippen LogP contribution in [0.2, 0.25) is 0 Å². The fourth-order valence-corrected chi connectivity index (χ4v) is 2.18. The van der Waals surface area contributed by atoms with Crippen molar-refractivity contribution in [3.8, 4) is 0 Å². The third kappa shape index (κ3) is 8.18. The number of ether oxygens (including phenoxy) is 1. The molecule has 0 heterocycles. The molecule has 1 rings (SSSR count). The second-order valence-corrected chi connectivity index (χ2v) is 5.70. The maximum absolute atomic E-state index is 11.6. The molecule has 0 aliphatic carbocycles. The third-order valence-electron chi connectivity index (χ3n) is 2.79. The van der Waals surface area contributed by atoms with Gasteiger partial charge in [0.1, 0.15) is 12.6 Å². The van der Waals surface area contributed by atoms with Crippen molar-refractivity contribution in [1.82, 2.24) is 5.32 Å². The van der Waals surface area contributed by atoms with Crippen molar-refractivity contribution in [2.45, 2.75) is 25.5 Å². The number of hydrogen-bond donors (Lipinski definition) is 2. The second-order valence-electron chi connectivity index (χ2n) is 4.67. The van der Waals surface area contributed by atoms with Gasteiger partial charge in [-0.25, -0.2) is 9.59 Å². The van der Waals surface area contributed by atoms with Crippen LogP contribution < -0.4 is 10.4 Å². The molecule has 1 atom stereocenters. The molecule has 0 aromatic heterocycles. The topological polar surface area (TPSA) is 133 Å². The minimum Gasteiger partial charge on any atom is -0.549 e. The molecule has 1 aromatic carbocycles. The van der Waals surface area contributed by atoms with Gasteiger partial charge in [-0.3, -0.25) is 4.79 Å². The van der Waals surface area contributed by atoms with E-state index in [1.54, 1.807) is 30.3 Å². The Balaban J connectivity index is 2.39. The number of alkyl carbamates (subject to hydrolysis) is 1. The van der Waals surface area contributed by atoms with E-state index in [-0.39, 0.29) is 19.4 Å². The minimum absolute atomic E-state index is 0.0145. The van der Waals surface area contributed by atoms with Crippen LogP contribution in [0.1, 0.15) is 18.4 Å². The van der Waals surface area contributed by atoms with Crippen LogP contribution in [0.15, 0.2) is 30.3 Å². The van der Waals surface area contributed by atoms with Gasteiger partial charge in [-0.05, 0) is 12.0 Å². The zero-order valence-electron chi connectivity index (χ0n) is 12.6. The monoisotopic (exact) mass is 354 g/mol. The number of amides is 1. The van der Waals surface area contributed by atoms with Gasteiger partial charge in [0.15, 0.2) is 5.12 Å². The van der Waals surface area contributed by atoms with E-state index in [9.17, 15) is 24.3 Å². The lowest BCUT2D eigenvalue weighted by Crippen LogP contribution is -2.41. The molecular formula is C15H16NO7S-. The summed E-state index contributed by atoms with van der Waals surface area (Å²) in [4.78, 5) is 44.4. The van der Waals surface area contributed by atoms with Gasteiger partial charge in [-0.1, -0.05) is 42.1 Å². The Morgan fingerprint density at radius 3 is 2.46 bits per heavy atom. The molecule has 24 heavy (non-hydrogen) atoms. The highest BCUT2D eigenvalue weighted by Crippen LogP contribution is 2.09. The SMILES string of the molecule is O=C([O-])CSC(=O)CCC(NC(=O)OCc1ccccc1)C(=O)O. The Kier molecular flexibility index (Phi) is 8.34.